The number of methoxy groups -OCH3 is 2. The Morgan fingerprint density at radius 2 is 1.19 bits per heavy atom. The average Bonchev–Trinajstić information content (AvgIpc) is 3.10. The Morgan fingerprint density at radius 3 is 1.60 bits per heavy atom. The number of carboxylic acids is 1. The summed E-state index contributed by atoms with van der Waals surface area (Å²) in [6.45, 7) is 6.82. The minimum Gasteiger partial charge on any atom is -0.481 e. The molecule has 0 fully saturated rings. The van der Waals surface area contributed by atoms with Crippen LogP contribution in [-0.4, -0.2) is 70.8 Å². The molecule has 48 heavy (non-hydrogen) atoms. The van der Waals surface area contributed by atoms with Gasteiger partial charge in [-0.3, -0.25) is 10.1 Å². The number of rotatable bonds is 18. The van der Waals surface area contributed by atoms with E-state index in [1.54, 1.807) is 19.2 Å². The van der Waals surface area contributed by atoms with Gasteiger partial charge in [0.2, 0.25) is 23.5 Å². The molecule has 12 nitrogen and oxygen atoms in total. The zero-order valence-electron chi connectivity index (χ0n) is 27.9. The standard InChI is InChI=1S/C36H44N4O8/c1-22(18-41)37-16-25-12-14-32(39-34(25)45-4)47-20-27-8-6-10-29(23(27)2)30-11-7-9-28(24(30)3)21-48-33-15-13-26(35(40-33)46-5)17-38-31(19-42)36(43)44/h6-15,22,31,37-38,41-42H,16-21H2,1-5H3,(H,43,44). The second-order valence-electron chi connectivity index (χ2n) is 11.3. The van der Waals surface area contributed by atoms with Crippen molar-refractivity contribution in [1.82, 2.24) is 20.6 Å². The monoisotopic (exact) mass is 660 g/mol. The number of aromatic nitrogens is 2. The van der Waals surface area contributed by atoms with E-state index in [-0.39, 0.29) is 25.8 Å². The highest BCUT2D eigenvalue weighted by molar-refractivity contribution is 5.73. The van der Waals surface area contributed by atoms with E-state index in [1.807, 2.05) is 43.3 Å². The van der Waals surface area contributed by atoms with Gasteiger partial charge in [-0.05, 0) is 66.3 Å². The van der Waals surface area contributed by atoms with Gasteiger partial charge in [-0.15, -0.1) is 0 Å². The molecule has 0 saturated heterocycles. The van der Waals surface area contributed by atoms with Gasteiger partial charge < -0.3 is 39.6 Å². The van der Waals surface area contributed by atoms with Gasteiger partial charge in [-0.25, -0.2) is 0 Å². The van der Waals surface area contributed by atoms with Crippen LogP contribution in [0.5, 0.6) is 23.5 Å². The van der Waals surface area contributed by atoms with Crippen molar-refractivity contribution in [3.63, 3.8) is 0 Å². The molecule has 0 aliphatic carbocycles. The Labute approximate surface area is 280 Å². The number of hydrogen-bond acceptors (Lipinski definition) is 11. The van der Waals surface area contributed by atoms with Crippen molar-refractivity contribution in [3.8, 4) is 34.6 Å². The average molecular weight is 661 g/mol. The van der Waals surface area contributed by atoms with Crippen molar-refractivity contribution in [3.05, 3.63) is 94.0 Å². The number of aliphatic carboxylic acids is 1. The lowest BCUT2D eigenvalue weighted by atomic mass is 9.92. The first-order valence-corrected chi connectivity index (χ1v) is 15.6. The quantitative estimate of drug-likeness (QED) is 0.105. The summed E-state index contributed by atoms with van der Waals surface area (Å²) < 4.78 is 23.0. The van der Waals surface area contributed by atoms with Crippen LogP contribution in [0.1, 0.15) is 40.3 Å². The molecule has 0 bridgehead atoms. The van der Waals surface area contributed by atoms with Crippen molar-refractivity contribution >= 4 is 5.97 Å². The van der Waals surface area contributed by atoms with E-state index in [1.165, 1.54) is 7.11 Å². The summed E-state index contributed by atoms with van der Waals surface area (Å²) in [5, 5.41) is 33.7. The Hall–Kier alpha value is -4.75. The maximum absolute atomic E-state index is 11.2. The van der Waals surface area contributed by atoms with Crippen molar-refractivity contribution in [1.29, 1.82) is 0 Å². The van der Waals surface area contributed by atoms with Gasteiger partial charge >= 0.3 is 5.97 Å². The highest BCUT2D eigenvalue weighted by atomic mass is 16.5. The van der Waals surface area contributed by atoms with E-state index in [2.05, 4.69) is 46.6 Å². The predicted molar refractivity (Wildman–Crippen MR) is 180 cm³/mol. The molecule has 2 aromatic heterocycles. The minimum atomic E-state index is -1.14. The normalized spacial score (nSPS) is 12.3. The van der Waals surface area contributed by atoms with Gasteiger partial charge in [-0.1, -0.05) is 36.4 Å². The van der Waals surface area contributed by atoms with Crippen LogP contribution in [0, 0.1) is 13.8 Å². The number of carboxylic acid groups (broad SMARTS) is 1. The van der Waals surface area contributed by atoms with E-state index in [0.29, 0.717) is 42.2 Å². The van der Waals surface area contributed by atoms with Crippen LogP contribution >= 0.6 is 0 Å². The number of hydrogen-bond donors (Lipinski definition) is 5. The molecule has 0 radical (unpaired) electrons. The molecule has 2 unspecified atom stereocenters. The van der Waals surface area contributed by atoms with E-state index in [0.717, 1.165) is 38.9 Å². The number of pyridine rings is 2. The number of aliphatic hydroxyl groups excluding tert-OH is 2. The third kappa shape index (κ3) is 9.20. The number of nitrogens with one attached hydrogen (secondary N) is 2. The van der Waals surface area contributed by atoms with Crippen molar-refractivity contribution < 1.29 is 39.1 Å². The number of nitrogens with zero attached hydrogens (tertiary/aromatic N) is 2. The first kappa shape index (κ1) is 36.1. The molecule has 4 aromatic rings. The van der Waals surface area contributed by atoms with Gasteiger partial charge in [0.15, 0.2) is 0 Å². The first-order valence-electron chi connectivity index (χ1n) is 15.6. The number of carbonyl (C=O) groups is 1. The molecule has 5 N–H and O–H groups in total. The van der Waals surface area contributed by atoms with Crippen molar-refractivity contribution in [2.75, 3.05) is 27.4 Å². The molecular weight excluding hydrogens is 616 g/mol. The molecule has 0 aliphatic rings. The predicted octanol–water partition coefficient (Wildman–Crippen LogP) is 3.94. The van der Waals surface area contributed by atoms with Crippen LogP contribution in [0.15, 0.2) is 60.7 Å². The number of benzene rings is 2. The Bertz CT molecular complexity index is 1680. The highest BCUT2D eigenvalue weighted by Crippen LogP contribution is 2.31. The number of aliphatic hydroxyl groups is 2. The van der Waals surface area contributed by atoms with Crippen LogP contribution in [0.3, 0.4) is 0 Å². The maximum Gasteiger partial charge on any atom is 0.323 e. The van der Waals surface area contributed by atoms with Crippen molar-refractivity contribution in [2.45, 2.75) is 59.2 Å². The molecular formula is C36H44N4O8. The van der Waals surface area contributed by atoms with Gasteiger partial charge in [0.05, 0.1) is 27.4 Å². The molecule has 0 amide bonds. The summed E-state index contributed by atoms with van der Waals surface area (Å²) in [7, 11) is 3.05. The van der Waals surface area contributed by atoms with E-state index >= 15 is 0 Å². The third-order valence-corrected chi connectivity index (χ3v) is 8.08. The maximum atomic E-state index is 11.2. The van der Waals surface area contributed by atoms with Crippen LogP contribution < -0.4 is 29.6 Å². The molecule has 12 heteroatoms. The van der Waals surface area contributed by atoms with Crippen LogP contribution in [0.25, 0.3) is 11.1 Å². The summed E-state index contributed by atoms with van der Waals surface area (Å²) in [6, 6.07) is 18.3. The van der Waals surface area contributed by atoms with Crippen LogP contribution in [-0.2, 0) is 31.1 Å². The molecule has 2 aromatic carbocycles. The van der Waals surface area contributed by atoms with Gasteiger partial charge in [0.1, 0.15) is 19.3 Å². The fourth-order valence-electron chi connectivity index (χ4n) is 5.07. The Balaban J connectivity index is 1.44. The Kier molecular flexibility index (Phi) is 13.1. The van der Waals surface area contributed by atoms with Crippen LogP contribution in [0.4, 0.5) is 0 Å². The van der Waals surface area contributed by atoms with Crippen molar-refractivity contribution in [2.24, 2.45) is 0 Å². The van der Waals surface area contributed by atoms with E-state index < -0.39 is 18.6 Å². The number of ether oxygens (including phenoxy) is 4. The lowest BCUT2D eigenvalue weighted by Crippen LogP contribution is -2.39. The van der Waals surface area contributed by atoms with Gasteiger partial charge in [-0.2, -0.15) is 9.97 Å². The molecule has 0 aliphatic heterocycles. The summed E-state index contributed by atoms with van der Waals surface area (Å²) in [5.74, 6) is 0.448. The molecule has 0 spiro atoms. The van der Waals surface area contributed by atoms with Gasteiger partial charge in [0.25, 0.3) is 0 Å². The van der Waals surface area contributed by atoms with Gasteiger partial charge in [0, 0.05) is 42.4 Å². The summed E-state index contributed by atoms with van der Waals surface area (Å²) in [4.78, 5) is 20.2. The summed E-state index contributed by atoms with van der Waals surface area (Å²) in [6.07, 6.45) is 0. The highest BCUT2D eigenvalue weighted by Gasteiger charge is 2.18. The zero-order chi connectivity index (χ0) is 34.6. The topological polar surface area (TPSA) is 165 Å². The SMILES string of the molecule is COc1nc(OCc2cccc(-c3cccc(COc4ccc(CNC(CO)C(=O)O)c(OC)n4)c3C)c2C)ccc1CNC(C)CO. The van der Waals surface area contributed by atoms with E-state index in [9.17, 15) is 15.0 Å². The lowest BCUT2D eigenvalue weighted by Gasteiger charge is -2.17. The van der Waals surface area contributed by atoms with Crippen LogP contribution in [0.2, 0.25) is 0 Å². The molecule has 256 valence electrons. The zero-order valence-corrected chi connectivity index (χ0v) is 27.9. The summed E-state index contributed by atoms with van der Waals surface area (Å²) in [5.41, 5.74) is 7.84. The summed E-state index contributed by atoms with van der Waals surface area (Å²) >= 11 is 0. The minimum absolute atomic E-state index is 0.0408. The first-order chi connectivity index (χ1) is 23.2. The molecule has 2 heterocycles. The van der Waals surface area contributed by atoms with E-state index in [4.69, 9.17) is 24.1 Å². The molecule has 2 atom stereocenters. The smallest absolute Gasteiger partial charge is 0.323 e. The lowest BCUT2D eigenvalue weighted by molar-refractivity contribution is -0.140. The fraction of sp³-hybridized carbons (Fsp3) is 0.361. The fourth-order valence-corrected chi connectivity index (χ4v) is 5.07. The Morgan fingerprint density at radius 1 is 0.708 bits per heavy atom. The second-order valence-corrected chi connectivity index (χ2v) is 11.3. The molecule has 0 saturated carbocycles. The largest absolute Gasteiger partial charge is 0.481 e. The third-order valence-electron chi connectivity index (χ3n) is 8.08. The molecule has 4 rings (SSSR count). The second kappa shape index (κ2) is 17.4.